The van der Waals surface area contributed by atoms with Crippen LogP contribution in [-0.4, -0.2) is 25.2 Å². The fourth-order valence-corrected chi connectivity index (χ4v) is 1.39. The highest BCUT2D eigenvalue weighted by molar-refractivity contribution is 5.77. The molecule has 0 bridgehead atoms. The van der Waals surface area contributed by atoms with Gasteiger partial charge in [-0.1, -0.05) is 13.8 Å². The van der Waals surface area contributed by atoms with E-state index in [4.69, 9.17) is 4.74 Å². The van der Waals surface area contributed by atoms with Crippen LogP contribution in [0.4, 0.5) is 0 Å². The van der Waals surface area contributed by atoms with Crippen molar-refractivity contribution in [3.63, 3.8) is 0 Å². The summed E-state index contributed by atoms with van der Waals surface area (Å²) < 4.78 is 5.49. The number of rotatable bonds is 3. The van der Waals surface area contributed by atoms with Crippen LogP contribution in [0.15, 0.2) is 0 Å². The number of carbonyl (C=O) groups excluding carboxylic acids is 1. The van der Waals surface area contributed by atoms with Gasteiger partial charge in [0, 0.05) is 20.5 Å². The van der Waals surface area contributed by atoms with Gasteiger partial charge in [-0.05, 0) is 19.3 Å². The normalized spacial score (nSPS) is 23.2. The molecule has 0 aromatic carbocycles. The quantitative estimate of drug-likeness (QED) is 0.728. The Labute approximate surface area is 81.3 Å². The summed E-state index contributed by atoms with van der Waals surface area (Å²) in [5.41, 5.74) is 0. The summed E-state index contributed by atoms with van der Waals surface area (Å²) >= 11 is 0. The summed E-state index contributed by atoms with van der Waals surface area (Å²) in [6, 6.07) is 0. The van der Waals surface area contributed by atoms with Crippen LogP contribution in [0.5, 0.6) is 0 Å². The van der Waals surface area contributed by atoms with E-state index in [0.29, 0.717) is 6.54 Å². The predicted octanol–water partition coefficient (Wildman–Crippen LogP) is 1.57. The van der Waals surface area contributed by atoms with Crippen LogP contribution in [0.1, 0.15) is 34.5 Å². The van der Waals surface area contributed by atoms with Crippen molar-refractivity contribution in [2.45, 2.75) is 39.2 Å². The molecule has 1 amide bonds. The van der Waals surface area contributed by atoms with Crippen LogP contribution in [0, 0.1) is 5.92 Å². The van der Waals surface area contributed by atoms with Crippen LogP contribution in [-0.2, 0) is 9.53 Å². The third-order valence-corrected chi connectivity index (χ3v) is 2.30. The minimum atomic E-state index is 0. The Hall–Kier alpha value is -0.570. The summed E-state index contributed by atoms with van der Waals surface area (Å²) in [5, 5.41) is 2.89. The monoisotopic (exact) mass is 187 g/mol. The second-order valence-electron chi connectivity index (χ2n) is 3.89. The molecule has 1 heterocycles. The van der Waals surface area contributed by atoms with Crippen molar-refractivity contribution < 1.29 is 11.0 Å². The van der Waals surface area contributed by atoms with Gasteiger partial charge in [0.1, 0.15) is 0 Å². The Morgan fingerprint density at radius 1 is 1.62 bits per heavy atom. The first kappa shape index (κ1) is 10.5. The molecule has 1 rings (SSSR count). The molecular formula is C10H21NO2. The Bertz CT molecular complexity index is 168. The van der Waals surface area contributed by atoms with Crippen molar-refractivity contribution in [1.29, 1.82) is 0 Å². The second kappa shape index (κ2) is 5.22. The largest absolute Gasteiger partial charge is 0.376 e. The van der Waals surface area contributed by atoms with Crippen LogP contribution in [0.3, 0.4) is 0 Å². The van der Waals surface area contributed by atoms with Crippen molar-refractivity contribution in [3.05, 3.63) is 0 Å². The van der Waals surface area contributed by atoms with E-state index in [1.807, 2.05) is 13.8 Å². The van der Waals surface area contributed by atoms with E-state index in [-0.39, 0.29) is 19.4 Å². The zero-order chi connectivity index (χ0) is 9.68. The maximum atomic E-state index is 11.2. The lowest BCUT2D eigenvalue weighted by molar-refractivity contribution is -0.124. The van der Waals surface area contributed by atoms with Crippen LogP contribution < -0.4 is 5.32 Å². The molecule has 0 aromatic heterocycles. The van der Waals surface area contributed by atoms with Crippen LogP contribution >= 0.6 is 0 Å². The van der Waals surface area contributed by atoms with E-state index >= 15 is 0 Å². The summed E-state index contributed by atoms with van der Waals surface area (Å²) in [7, 11) is 0. The van der Waals surface area contributed by atoms with Crippen molar-refractivity contribution in [1.82, 2.24) is 5.32 Å². The molecule has 0 aromatic rings. The van der Waals surface area contributed by atoms with Gasteiger partial charge in [0.05, 0.1) is 6.10 Å². The second-order valence-corrected chi connectivity index (χ2v) is 3.89. The molecule has 1 aliphatic heterocycles. The van der Waals surface area contributed by atoms with E-state index in [1.54, 1.807) is 0 Å². The molecule has 1 unspecified atom stereocenters. The lowest BCUT2D eigenvalue weighted by Gasteiger charge is -2.23. The van der Waals surface area contributed by atoms with Crippen molar-refractivity contribution in [2.24, 2.45) is 5.92 Å². The molecule has 1 saturated heterocycles. The number of hydrogen-bond donors (Lipinski definition) is 1. The standard InChI is InChI=1S/C10H19NO2.H2/c1-8(2)10(12)11-7-9-5-3-4-6-13-9;/h8-9H,3-7H2,1-2H3,(H,11,12);1H. The average Bonchev–Trinajstić information content (AvgIpc) is 2.15. The fraction of sp³-hybridized carbons (Fsp3) is 0.900. The molecule has 0 saturated carbocycles. The van der Waals surface area contributed by atoms with E-state index in [0.717, 1.165) is 19.4 Å². The fourth-order valence-electron chi connectivity index (χ4n) is 1.39. The first-order chi connectivity index (χ1) is 6.20. The lowest BCUT2D eigenvalue weighted by atomic mass is 10.1. The topological polar surface area (TPSA) is 38.3 Å². The number of ether oxygens (including phenoxy) is 1. The van der Waals surface area contributed by atoms with Gasteiger partial charge in [-0.25, -0.2) is 0 Å². The van der Waals surface area contributed by atoms with E-state index in [1.165, 1.54) is 6.42 Å². The van der Waals surface area contributed by atoms with Gasteiger partial charge in [0.15, 0.2) is 0 Å². The smallest absolute Gasteiger partial charge is 0.222 e. The van der Waals surface area contributed by atoms with E-state index in [2.05, 4.69) is 5.32 Å². The number of nitrogens with one attached hydrogen (secondary N) is 1. The highest BCUT2D eigenvalue weighted by Crippen LogP contribution is 2.11. The highest BCUT2D eigenvalue weighted by Gasteiger charge is 2.15. The molecule has 1 atom stereocenters. The average molecular weight is 187 g/mol. The van der Waals surface area contributed by atoms with E-state index in [9.17, 15) is 4.79 Å². The van der Waals surface area contributed by atoms with Crippen molar-refractivity contribution in [2.75, 3.05) is 13.2 Å². The zero-order valence-corrected chi connectivity index (χ0v) is 8.51. The van der Waals surface area contributed by atoms with Gasteiger partial charge in [-0.2, -0.15) is 0 Å². The third kappa shape index (κ3) is 3.77. The minimum absolute atomic E-state index is 0. The molecule has 13 heavy (non-hydrogen) atoms. The maximum absolute atomic E-state index is 11.2. The van der Waals surface area contributed by atoms with Crippen molar-refractivity contribution in [3.8, 4) is 0 Å². The lowest BCUT2D eigenvalue weighted by Crippen LogP contribution is -2.37. The van der Waals surface area contributed by atoms with Gasteiger partial charge in [0.2, 0.25) is 5.91 Å². The number of carbonyl (C=O) groups is 1. The molecule has 3 nitrogen and oxygen atoms in total. The summed E-state index contributed by atoms with van der Waals surface area (Å²) in [6.45, 7) is 5.33. The van der Waals surface area contributed by atoms with Gasteiger partial charge >= 0.3 is 0 Å². The SMILES string of the molecule is CC(C)C(=O)NCC1CCCCO1.[HH]. The molecule has 78 valence electrons. The molecule has 0 radical (unpaired) electrons. The summed E-state index contributed by atoms with van der Waals surface area (Å²) in [5.74, 6) is 0.192. The van der Waals surface area contributed by atoms with Gasteiger partial charge in [0.25, 0.3) is 0 Å². The zero-order valence-electron chi connectivity index (χ0n) is 8.51. The summed E-state index contributed by atoms with van der Waals surface area (Å²) in [6.07, 6.45) is 3.71. The molecule has 0 spiro atoms. The molecular weight excluding hydrogens is 166 g/mol. The first-order valence-electron chi connectivity index (χ1n) is 5.09. The van der Waals surface area contributed by atoms with Crippen molar-refractivity contribution >= 4 is 5.91 Å². The van der Waals surface area contributed by atoms with Gasteiger partial charge in [-0.3, -0.25) is 4.79 Å². The first-order valence-corrected chi connectivity index (χ1v) is 5.09. The number of hydrogen-bond acceptors (Lipinski definition) is 2. The van der Waals surface area contributed by atoms with Gasteiger partial charge in [-0.15, -0.1) is 0 Å². The Balaban J connectivity index is 0.00000169. The molecule has 1 fully saturated rings. The molecule has 0 aliphatic carbocycles. The molecule has 1 N–H and O–H groups in total. The van der Waals surface area contributed by atoms with Crippen LogP contribution in [0.2, 0.25) is 0 Å². The minimum Gasteiger partial charge on any atom is -0.376 e. The Kier molecular flexibility index (Phi) is 4.22. The van der Waals surface area contributed by atoms with Crippen LogP contribution in [0.25, 0.3) is 0 Å². The Morgan fingerprint density at radius 3 is 2.92 bits per heavy atom. The molecule has 1 aliphatic rings. The summed E-state index contributed by atoms with van der Waals surface area (Å²) in [4.78, 5) is 11.2. The highest BCUT2D eigenvalue weighted by atomic mass is 16.5. The third-order valence-electron chi connectivity index (χ3n) is 2.30. The number of amides is 1. The predicted molar refractivity (Wildman–Crippen MR) is 53.6 cm³/mol. The van der Waals surface area contributed by atoms with E-state index < -0.39 is 0 Å². The molecule has 3 heteroatoms. The maximum Gasteiger partial charge on any atom is 0.222 e. The Morgan fingerprint density at radius 2 is 2.38 bits per heavy atom. The van der Waals surface area contributed by atoms with Gasteiger partial charge < -0.3 is 10.1 Å².